The molecule has 0 aliphatic carbocycles. The van der Waals surface area contributed by atoms with E-state index >= 15 is 0 Å². The summed E-state index contributed by atoms with van der Waals surface area (Å²) in [5.41, 5.74) is 0.682. The number of carbonyl (C=O) groups is 1. The summed E-state index contributed by atoms with van der Waals surface area (Å²) in [7, 11) is 0. The van der Waals surface area contributed by atoms with Crippen LogP contribution in [0.3, 0.4) is 0 Å². The second kappa shape index (κ2) is 8.04. The maximum Gasteiger partial charge on any atom is 0.255 e. The van der Waals surface area contributed by atoms with Crippen LogP contribution in [0, 0.1) is 5.92 Å². The van der Waals surface area contributed by atoms with Crippen molar-refractivity contribution in [3.05, 3.63) is 33.3 Å². The van der Waals surface area contributed by atoms with E-state index in [0.717, 1.165) is 23.9 Å². The van der Waals surface area contributed by atoms with E-state index in [0.29, 0.717) is 16.5 Å². The fourth-order valence-corrected chi connectivity index (χ4v) is 3.19. The minimum atomic E-state index is 0.0796. The summed E-state index contributed by atoms with van der Waals surface area (Å²) in [6.45, 7) is 9.32. The van der Waals surface area contributed by atoms with Gasteiger partial charge in [0.05, 0.1) is 5.56 Å². The lowest BCUT2D eigenvalue weighted by Crippen LogP contribution is -2.42. The number of rotatable bonds is 6. The number of nitrogens with zero attached hydrogens (tertiary/aromatic N) is 1. The van der Waals surface area contributed by atoms with Crippen molar-refractivity contribution in [3.63, 3.8) is 0 Å². The van der Waals surface area contributed by atoms with E-state index in [1.54, 1.807) is 18.2 Å². The molecule has 0 fully saturated rings. The Labute approximate surface area is 135 Å². The summed E-state index contributed by atoms with van der Waals surface area (Å²) in [6.07, 6.45) is 1.94. The molecule has 0 aliphatic rings. The van der Waals surface area contributed by atoms with Gasteiger partial charge in [-0.05, 0) is 52.9 Å². The van der Waals surface area contributed by atoms with Crippen molar-refractivity contribution in [1.29, 1.82) is 0 Å². The number of benzene rings is 1. The zero-order valence-electron chi connectivity index (χ0n) is 12.6. The van der Waals surface area contributed by atoms with E-state index < -0.39 is 0 Å². The summed E-state index contributed by atoms with van der Waals surface area (Å²) in [5.74, 6) is 0.529. The molecule has 0 heterocycles. The molecule has 0 saturated carbocycles. The summed E-state index contributed by atoms with van der Waals surface area (Å²) >= 11 is 9.39. The predicted molar refractivity (Wildman–Crippen MR) is 89.4 cm³/mol. The quantitative estimate of drug-likeness (QED) is 0.666. The largest absolute Gasteiger partial charge is 0.335 e. The molecule has 0 unspecified atom stereocenters. The van der Waals surface area contributed by atoms with Gasteiger partial charge in [0.2, 0.25) is 0 Å². The topological polar surface area (TPSA) is 20.3 Å². The molecule has 0 aromatic heterocycles. The molecule has 0 saturated heterocycles. The molecule has 0 atom stereocenters. The summed E-state index contributed by atoms with van der Waals surface area (Å²) < 4.78 is 0.759. The second-order valence-corrected chi connectivity index (χ2v) is 6.74. The molecular weight excluding hydrogens is 338 g/mol. The van der Waals surface area contributed by atoms with E-state index in [1.807, 2.05) is 4.90 Å². The number of hydrogen-bond acceptors (Lipinski definition) is 1. The van der Waals surface area contributed by atoms with Crippen molar-refractivity contribution < 1.29 is 4.79 Å². The van der Waals surface area contributed by atoms with Crippen molar-refractivity contribution in [1.82, 2.24) is 4.90 Å². The van der Waals surface area contributed by atoms with Crippen molar-refractivity contribution in [2.75, 3.05) is 6.54 Å². The molecule has 0 radical (unpaired) electrons. The molecule has 2 nitrogen and oxygen atoms in total. The van der Waals surface area contributed by atoms with Crippen LogP contribution in [0.4, 0.5) is 0 Å². The van der Waals surface area contributed by atoms with E-state index in [-0.39, 0.29) is 11.9 Å². The monoisotopic (exact) mass is 359 g/mol. The second-order valence-electron chi connectivity index (χ2n) is 5.45. The Morgan fingerprint density at radius 3 is 2.35 bits per heavy atom. The Morgan fingerprint density at radius 1 is 1.30 bits per heavy atom. The lowest BCUT2D eigenvalue weighted by molar-refractivity contribution is 0.0639. The van der Waals surface area contributed by atoms with Crippen molar-refractivity contribution >= 4 is 33.4 Å². The van der Waals surface area contributed by atoms with Crippen LogP contribution >= 0.6 is 27.5 Å². The molecule has 0 spiro atoms. The van der Waals surface area contributed by atoms with Crippen LogP contribution in [-0.2, 0) is 0 Å². The molecule has 1 amide bonds. The lowest BCUT2D eigenvalue weighted by atomic mass is 10.1. The van der Waals surface area contributed by atoms with E-state index in [1.165, 1.54) is 0 Å². The van der Waals surface area contributed by atoms with E-state index in [4.69, 9.17) is 11.6 Å². The Balaban J connectivity index is 3.09. The van der Waals surface area contributed by atoms with Crippen LogP contribution in [0.1, 0.15) is 50.9 Å². The zero-order chi connectivity index (χ0) is 15.3. The third-order valence-electron chi connectivity index (χ3n) is 3.37. The van der Waals surface area contributed by atoms with Crippen LogP contribution in [0.2, 0.25) is 5.02 Å². The number of amides is 1. The van der Waals surface area contributed by atoms with Gasteiger partial charge in [0.25, 0.3) is 5.91 Å². The van der Waals surface area contributed by atoms with Gasteiger partial charge in [-0.25, -0.2) is 0 Å². The number of hydrogen-bond donors (Lipinski definition) is 0. The molecule has 1 aromatic rings. The van der Waals surface area contributed by atoms with Gasteiger partial charge >= 0.3 is 0 Å². The van der Waals surface area contributed by atoms with Crippen molar-refractivity contribution in [2.24, 2.45) is 5.92 Å². The van der Waals surface area contributed by atoms with Crippen LogP contribution in [0.15, 0.2) is 22.7 Å². The Morgan fingerprint density at radius 2 is 1.90 bits per heavy atom. The van der Waals surface area contributed by atoms with Crippen LogP contribution in [-0.4, -0.2) is 23.4 Å². The van der Waals surface area contributed by atoms with Gasteiger partial charge < -0.3 is 4.90 Å². The van der Waals surface area contributed by atoms with Gasteiger partial charge in [0.1, 0.15) is 0 Å². The van der Waals surface area contributed by atoms with Crippen LogP contribution in [0.25, 0.3) is 0 Å². The van der Waals surface area contributed by atoms with Gasteiger partial charge in [0.15, 0.2) is 0 Å². The first-order valence-corrected chi connectivity index (χ1v) is 8.33. The molecule has 1 aromatic carbocycles. The van der Waals surface area contributed by atoms with Crippen molar-refractivity contribution in [3.8, 4) is 0 Å². The molecule has 0 aliphatic heterocycles. The average molecular weight is 361 g/mol. The fourth-order valence-electron chi connectivity index (χ4n) is 2.34. The van der Waals surface area contributed by atoms with Crippen LogP contribution in [0.5, 0.6) is 0 Å². The Hall–Kier alpha value is -0.540. The fraction of sp³-hybridized carbons (Fsp3) is 0.562. The zero-order valence-corrected chi connectivity index (χ0v) is 15.0. The molecule has 20 heavy (non-hydrogen) atoms. The molecule has 112 valence electrons. The molecular formula is C16H23BrClNO. The van der Waals surface area contributed by atoms with Gasteiger partial charge in [-0.2, -0.15) is 0 Å². The minimum absolute atomic E-state index is 0.0796. The van der Waals surface area contributed by atoms with Crippen LogP contribution < -0.4 is 0 Å². The smallest absolute Gasteiger partial charge is 0.255 e. The SMILES string of the molecule is CCC(CC)N(CC(C)C)C(=O)c1ccc(Cl)cc1Br. The summed E-state index contributed by atoms with van der Waals surface area (Å²) in [4.78, 5) is 14.8. The highest BCUT2D eigenvalue weighted by Gasteiger charge is 2.24. The number of carbonyl (C=O) groups excluding carboxylic acids is 1. The highest BCUT2D eigenvalue weighted by molar-refractivity contribution is 9.10. The van der Waals surface area contributed by atoms with Crippen molar-refractivity contribution in [2.45, 2.75) is 46.6 Å². The third-order valence-corrected chi connectivity index (χ3v) is 4.26. The molecule has 0 bridgehead atoms. The lowest BCUT2D eigenvalue weighted by Gasteiger charge is -2.32. The maximum absolute atomic E-state index is 12.8. The summed E-state index contributed by atoms with van der Waals surface area (Å²) in [6, 6.07) is 5.62. The molecule has 1 rings (SSSR count). The predicted octanol–water partition coefficient (Wildman–Crippen LogP) is 5.39. The standard InChI is InChI=1S/C16H23BrClNO/c1-5-13(6-2)19(10-11(3)4)16(20)14-8-7-12(18)9-15(14)17/h7-9,11,13H,5-6,10H2,1-4H3. The third kappa shape index (κ3) is 4.49. The van der Waals surface area contributed by atoms with E-state index in [2.05, 4.69) is 43.6 Å². The van der Waals surface area contributed by atoms with Gasteiger partial charge in [-0.3, -0.25) is 4.79 Å². The Bertz CT molecular complexity index is 458. The molecule has 4 heteroatoms. The molecule has 0 N–H and O–H groups in total. The van der Waals surface area contributed by atoms with Gasteiger partial charge in [-0.15, -0.1) is 0 Å². The van der Waals surface area contributed by atoms with Gasteiger partial charge in [-0.1, -0.05) is 39.3 Å². The summed E-state index contributed by atoms with van der Waals surface area (Å²) in [5, 5.41) is 0.631. The average Bonchev–Trinajstić information content (AvgIpc) is 2.37. The first-order chi connectivity index (χ1) is 9.40. The van der Waals surface area contributed by atoms with E-state index in [9.17, 15) is 4.79 Å². The normalized spacial score (nSPS) is 11.2. The first kappa shape index (κ1) is 17.5. The Kier molecular flexibility index (Phi) is 7.04. The minimum Gasteiger partial charge on any atom is -0.335 e. The maximum atomic E-state index is 12.8. The first-order valence-electron chi connectivity index (χ1n) is 7.16. The number of halogens is 2. The highest BCUT2D eigenvalue weighted by Crippen LogP contribution is 2.25. The van der Waals surface area contributed by atoms with Gasteiger partial charge in [0, 0.05) is 22.1 Å². The highest BCUT2D eigenvalue weighted by atomic mass is 79.9.